The lowest BCUT2D eigenvalue weighted by atomic mass is 9.83. The molecule has 0 aliphatic carbocycles. The summed E-state index contributed by atoms with van der Waals surface area (Å²) in [5.74, 6) is 2.78. The number of fused-ring (bicyclic) bond motifs is 2. The fourth-order valence-electron chi connectivity index (χ4n) is 3.86. The average molecular weight is 303 g/mol. The summed E-state index contributed by atoms with van der Waals surface area (Å²) < 4.78 is 10.7. The van der Waals surface area contributed by atoms with E-state index >= 15 is 0 Å². The minimum atomic E-state index is -0.195. The van der Waals surface area contributed by atoms with Crippen molar-refractivity contribution in [2.24, 2.45) is 11.8 Å². The van der Waals surface area contributed by atoms with Gasteiger partial charge in [0.2, 0.25) is 0 Å². The summed E-state index contributed by atoms with van der Waals surface area (Å²) in [5, 5.41) is 0. The normalized spacial score (nSPS) is 27.1. The van der Waals surface area contributed by atoms with E-state index in [-0.39, 0.29) is 6.09 Å². The SMILES string of the molecule is COc1ccc(OC(=O)N2C3CCC2CC(C(C)C)C3)cc1. The number of piperidine rings is 1. The van der Waals surface area contributed by atoms with E-state index in [4.69, 9.17) is 9.47 Å². The lowest BCUT2D eigenvalue weighted by Gasteiger charge is -2.39. The van der Waals surface area contributed by atoms with E-state index in [1.807, 2.05) is 17.0 Å². The minimum Gasteiger partial charge on any atom is -0.497 e. The Morgan fingerprint density at radius 3 is 2.14 bits per heavy atom. The van der Waals surface area contributed by atoms with Gasteiger partial charge in [-0.3, -0.25) is 0 Å². The molecule has 1 aromatic carbocycles. The Morgan fingerprint density at radius 2 is 1.64 bits per heavy atom. The maximum absolute atomic E-state index is 12.5. The molecule has 2 fully saturated rings. The molecule has 22 heavy (non-hydrogen) atoms. The third kappa shape index (κ3) is 2.92. The van der Waals surface area contributed by atoms with Crippen molar-refractivity contribution in [3.05, 3.63) is 24.3 Å². The lowest BCUT2D eigenvalue weighted by molar-refractivity contribution is 0.0791. The van der Waals surface area contributed by atoms with Gasteiger partial charge in [0.1, 0.15) is 11.5 Å². The standard InChI is InChI=1S/C18H25NO3/c1-12(2)13-10-14-4-5-15(11-13)19(14)18(20)22-17-8-6-16(21-3)7-9-17/h6-9,12-15H,4-5,10-11H2,1-3H3. The van der Waals surface area contributed by atoms with E-state index in [1.165, 1.54) is 0 Å². The number of hydrogen-bond donors (Lipinski definition) is 0. The van der Waals surface area contributed by atoms with E-state index in [1.54, 1.807) is 19.2 Å². The molecule has 0 N–H and O–H groups in total. The maximum atomic E-state index is 12.5. The second-order valence-corrected chi connectivity index (χ2v) is 6.81. The molecule has 2 bridgehead atoms. The fraction of sp³-hybridized carbons (Fsp3) is 0.611. The highest BCUT2D eigenvalue weighted by molar-refractivity contribution is 5.72. The number of carbonyl (C=O) groups excluding carboxylic acids is 1. The molecule has 0 saturated carbocycles. The van der Waals surface area contributed by atoms with Crippen LogP contribution in [-0.2, 0) is 0 Å². The fourth-order valence-corrected chi connectivity index (χ4v) is 3.86. The van der Waals surface area contributed by atoms with Crippen LogP contribution in [0.4, 0.5) is 4.79 Å². The zero-order valence-corrected chi connectivity index (χ0v) is 13.6. The molecule has 0 spiro atoms. The summed E-state index contributed by atoms with van der Waals surface area (Å²) >= 11 is 0. The Bertz CT molecular complexity index is 512. The van der Waals surface area contributed by atoms with E-state index in [9.17, 15) is 4.79 Å². The van der Waals surface area contributed by atoms with Crippen molar-refractivity contribution in [3.8, 4) is 11.5 Å². The van der Waals surface area contributed by atoms with Crippen molar-refractivity contribution >= 4 is 6.09 Å². The summed E-state index contributed by atoms with van der Waals surface area (Å²) in [6.45, 7) is 4.57. The summed E-state index contributed by atoms with van der Waals surface area (Å²) in [6, 6.07) is 7.89. The van der Waals surface area contributed by atoms with Gasteiger partial charge in [-0.25, -0.2) is 4.79 Å². The Balaban J connectivity index is 1.65. The molecule has 1 amide bonds. The molecule has 0 aromatic heterocycles. The van der Waals surface area contributed by atoms with Crippen LogP contribution in [0.5, 0.6) is 11.5 Å². The van der Waals surface area contributed by atoms with Crippen LogP contribution in [0.25, 0.3) is 0 Å². The van der Waals surface area contributed by atoms with Crippen molar-refractivity contribution in [2.45, 2.75) is 51.6 Å². The van der Waals surface area contributed by atoms with Crippen molar-refractivity contribution < 1.29 is 14.3 Å². The van der Waals surface area contributed by atoms with Crippen molar-refractivity contribution in [2.75, 3.05) is 7.11 Å². The van der Waals surface area contributed by atoms with E-state index in [0.717, 1.165) is 37.4 Å². The largest absolute Gasteiger partial charge is 0.497 e. The Morgan fingerprint density at radius 1 is 1.09 bits per heavy atom. The van der Waals surface area contributed by atoms with Crippen molar-refractivity contribution in [1.82, 2.24) is 4.90 Å². The first-order chi connectivity index (χ1) is 10.6. The molecular weight excluding hydrogens is 278 g/mol. The Kier molecular flexibility index (Phi) is 4.27. The summed E-state index contributed by atoms with van der Waals surface area (Å²) in [4.78, 5) is 14.5. The predicted molar refractivity (Wildman–Crippen MR) is 85.2 cm³/mol. The van der Waals surface area contributed by atoms with Crippen LogP contribution in [-0.4, -0.2) is 30.2 Å². The zero-order chi connectivity index (χ0) is 15.7. The summed E-state index contributed by atoms with van der Waals surface area (Å²) in [6.07, 6.45) is 4.27. The van der Waals surface area contributed by atoms with Gasteiger partial charge in [-0.05, 0) is 61.8 Å². The van der Waals surface area contributed by atoms with Gasteiger partial charge < -0.3 is 14.4 Å². The second-order valence-electron chi connectivity index (χ2n) is 6.81. The summed E-state index contributed by atoms with van der Waals surface area (Å²) in [5.41, 5.74) is 0. The highest BCUT2D eigenvalue weighted by Gasteiger charge is 2.44. The predicted octanol–water partition coefficient (Wildman–Crippen LogP) is 4.09. The first-order valence-electron chi connectivity index (χ1n) is 8.22. The van der Waals surface area contributed by atoms with Gasteiger partial charge in [-0.15, -0.1) is 0 Å². The number of benzene rings is 1. The summed E-state index contributed by atoms with van der Waals surface area (Å²) in [7, 11) is 1.62. The number of amides is 1. The van der Waals surface area contributed by atoms with Crippen LogP contribution >= 0.6 is 0 Å². The molecule has 0 radical (unpaired) electrons. The highest BCUT2D eigenvalue weighted by Crippen LogP contribution is 2.41. The third-order valence-electron chi connectivity index (χ3n) is 5.19. The first kappa shape index (κ1) is 15.2. The number of rotatable bonds is 3. The quantitative estimate of drug-likeness (QED) is 0.844. The molecule has 120 valence electrons. The van der Waals surface area contributed by atoms with Gasteiger partial charge in [0.25, 0.3) is 0 Å². The van der Waals surface area contributed by atoms with E-state index in [0.29, 0.717) is 23.8 Å². The Labute approximate surface area is 132 Å². The minimum absolute atomic E-state index is 0.195. The van der Waals surface area contributed by atoms with E-state index < -0.39 is 0 Å². The van der Waals surface area contributed by atoms with Gasteiger partial charge in [-0.1, -0.05) is 13.8 Å². The van der Waals surface area contributed by atoms with Crippen LogP contribution in [0.3, 0.4) is 0 Å². The molecule has 2 aliphatic rings. The smallest absolute Gasteiger partial charge is 0.415 e. The van der Waals surface area contributed by atoms with Gasteiger partial charge in [0, 0.05) is 12.1 Å². The molecule has 2 aliphatic heterocycles. The van der Waals surface area contributed by atoms with Crippen LogP contribution in [0, 0.1) is 11.8 Å². The van der Waals surface area contributed by atoms with Crippen LogP contribution in [0.2, 0.25) is 0 Å². The molecule has 2 heterocycles. The van der Waals surface area contributed by atoms with Crippen LogP contribution in [0.15, 0.2) is 24.3 Å². The highest BCUT2D eigenvalue weighted by atomic mass is 16.6. The van der Waals surface area contributed by atoms with Crippen molar-refractivity contribution in [3.63, 3.8) is 0 Å². The molecule has 2 unspecified atom stereocenters. The molecule has 2 saturated heterocycles. The topological polar surface area (TPSA) is 38.8 Å². The average Bonchev–Trinajstić information content (AvgIpc) is 2.78. The number of carbonyl (C=O) groups is 1. The van der Waals surface area contributed by atoms with Crippen LogP contribution in [0.1, 0.15) is 39.5 Å². The van der Waals surface area contributed by atoms with Crippen LogP contribution < -0.4 is 9.47 Å². The zero-order valence-electron chi connectivity index (χ0n) is 13.6. The second kappa shape index (κ2) is 6.19. The molecule has 2 atom stereocenters. The van der Waals surface area contributed by atoms with E-state index in [2.05, 4.69) is 13.8 Å². The number of nitrogens with zero attached hydrogens (tertiary/aromatic N) is 1. The first-order valence-corrected chi connectivity index (χ1v) is 8.22. The lowest BCUT2D eigenvalue weighted by Crippen LogP contribution is -2.48. The van der Waals surface area contributed by atoms with Gasteiger partial charge in [0.05, 0.1) is 7.11 Å². The number of ether oxygens (including phenoxy) is 2. The Hall–Kier alpha value is -1.71. The maximum Gasteiger partial charge on any atom is 0.415 e. The van der Waals surface area contributed by atoms with Gasteiger partial charge >= 0.3 is 6.09 Å². The van der Waals surface area contributed by atoms with Gasteiger partial charge in [0.15, 0.2) is 0 Å². The monoisotopic (exact) mass is 303 g/mol. The molecule has 3 rings (SSSR count). The molecule has 1 aromatic rings. The van der Waals surface area contributed by atoms with Gasteiger partial charge in [-0.2, -0.15) is 0 Å². The molecule has 4 nitrogen and oxygen atoms in total. The van der Waals surface area contributed by atoms with Crippen molar-refractivity contribution in [1.29, 1.82) is 0 Å². The third-order valence-corrected chi connectivity index (χ3v) is 5.19. The number of hydrogen-bond acceptors (Lipinski definition) is 3. The molecular formula is C18H25NO3. The molecule has 4 heteroatoms. The number of methoxy groups -OCH3 is 1.